The fourth-order valence-electron chi connectivity index (χ4n) is 14.7. The summed E-state index contributed by atoms with van der Waals surface area (Å²) in [5.41, 5.74) is 29.9. The highest BCUT2D eigenvalue weighted by Crippen LogP contribution is 2.54. The normalized spacial score (nSPS) is 22.0. The zero-order valence-corrected chi connectivity index (χ0v) is 46.9. The van der Waals surface area contributed by atoms with E-state index in [0.29, 0.717) is 0 Å². The van der Waals surface area contributed by atoms with E-state index in [1.165, 1.54) is 156 Å². The maximum absolute atomic E-state index is 4.17. The van der Waals surface area contributed by atoms with Crippen molar-refractivity contribution in [3.05, 3.63) is 188 Å². The molecule has 0 bridgehead atoms. The van der Waals surface area contributed by atoms with Crippen LogP contribution in [0.15, 0.2) is 127 Å². The van der Waals surface area contributed by atoms with E-state index in [4.69, 9.17) is 0 Å². The van der Waals surface area contributed by atoms with Crippen molar-refractivity contribution in [2.75, 3.05) is 10.2 Å². The Morgan fingerprint density at radius 1 is 0.493 bits per heavy atom. The van der Waals surface area contributed by atoms with Crippen LogP contribution in [-0.4, -0.2) is 7.28 Å². The molecule has 1 heterocycles. The smallest absolute Gasteiger partial charge is 0.161 e. The van der Waals surface area contributed by atoms with Gasteiger partial charge in [0.2, 0.25) is 0 Å². The number of nitrogens with zero attached hydrogens (tertiary/aromatic N) is 1. The highest BCUT2D eigenvalue weighted by molar-refractivity contribution is 6.57. The molecular weight excluding hydrogens is 880 g/mol. The van der Waals surface area contributed by atoms with E-state index in [1.807, 2.05) is 0 Å². The van der Waals surface area contributed by atoms with Crippen molar-refractivity contribution in [2.45, 2.75) is 193 Å². The van der Waals surface area contributed by atoms with Crippen LogP contribution in [0.1, 0.15) is 197 Å². The molecule has 73 heavy (non-hydrogen) atoms. The monoisotopic (exact) mass is 960 g/mol. The minimum absolute atomic E-state index is 0.0810. The summed E-state index contributed by atoms with van der Waals surface area (Å²) in [4.78, 5) is 2.68. The van der Waals surface area contributed by atoms with Gasteiger partial charge in [0.05, 0.1) is 0 Å². The van der Waals surface area contributed by atoms with Gasteiger partial charge in [-0.1, -0.05) is 175 Å². The third-order valence-corrected chi connectivity index (χ3v) is 19.9. The average molecular weight is 960 g/mol. The molecule has 2 nitrogen and oxygen atoms in total. The van der Waals surface area contributed by atoms with Crippen molar-refractivity contribution in [1.82, 2.24) is 0 Å². The van der Waals surface area contributed by atoms with E-state index >= 15 is 0 Å². The van der Waals surface area contributed by atoms with Crippen LogP contribution < -0.4 is 15.7 Å². The quantitative estimate of drug-likeness (QED) is 0.167. The molecule has 5 aliphatic carbocycles. The van der Waals surface area contributed by atoms with Crippen LogP contribution in [0.25, 0.3) is 16.7 Å². The minimum Gasteiger partial charge on any atom is -0.355 e. The lowest BCUT2D eigenvalue weighted by Crippen LogP contribution is -2.36. The molecule has 0 aromatic heterocycles. The van der Waals surface area contributed by atoms with Gasteiger partial charge in [0.25, 0.3) is 0 Å². The SMILES string of the molecule is CC1(C)CCC(C)(C)c2cc(Nc3cc4c(cc3CC3=C(/C=C5\C[B]c6cc7c(cc6N5c5ccc6c(c5)C(C)(C)CCC6(C)C)Cc5ccccc5-7)C(C)(C)c5ccccc53)C(C)(C)CCC4(C)C)ccc21. The van der Waals surface area contributed by atoms with Crippen molar-refractivity contribution in [1.29, 1.82) is 0 Å². The van der Waals surface area contributed by atoms with E-state index < -0.39 is 0 Å². The number of hydrogen-bond acceptors (Lipinski definition) is 2. The largest absolute Gasteiger partial charge is 0.355 e. The van der Waals surface area contributed by atoms with Gasteiger partial charge in [-0.15, -0.1) is 0 Å². The molecule has 1 N–H and O–H groups in total. The van der Waals surface area contributed by atoms with Gasteiger partial charge >= 0.3 is 0 Å². The number of rotatable bonds is 6. The van der Waals surface area contributed by atoms with Gasteiger partial charge < -0.3 is 10.2 Å². The summed E-state index contributed by atoms with van der Waals surface area (Å²) < 4.78 is 0. The number of nitrogens with one attached hydrogen (secondary N) is 1. The van der Waals surface area contributed by atoms with Gasteiger partial charge in [0.15, 0.2) is 7.28 Å². The Hall–Kier alpha value is -5.54. The van der Waals surface area contributed by atoms with E-state index in [1.54, 1.807) is 0 Å². The maximum Gasteiger partial charge on any atom is 0.161 e. The van der Waals surface area contributed by atoms with Crippen LogP contribution in [0.4, 0.5) is 22.7 Å². The third kappa shape index (κ3) is 7.78. The van der Waals surface area contributed by atoms with E-state index in [-0.39, 0.29) is 37.9 Å². The lowest BCUT2D eigenvalue weighted by Gasteiger charge is -2.43. The predicted molar refractivity (Wildman–Crippen MR) is 314 cm³/mol. The molecule has 6 aliphatic rings. The Labute approximate surface area is 440 Å². The number of benzene rings is 6. The average Bonchev–Trinajstić information content (AvgIpc) is 3.80. The van der Waals surface area contributed by atoms with Gasteiger partial charge in [0, 0.05) is 40.3 Å². The standard InChI is InChI=1S/C70H80BN2/c1-64(2)27-29-67(7,8)58-37-46(23-25-54(58)64)72-62-41-60-57(66(5,6)31-32-69(60,11)12)35-45(62)34-52-50-21-17-18-22-53(50)70(13,14)56(52)39-48-42-71-61-40-51-44(33-43-19-15-16-20-49(43)51)36-63(61)73(48)47-24-26-55-59(38-47)68(9,10)30-28-65(55,3)4/h15-26,35-41,72H,27-34,42H2,1-14H3/b48-39+. The molecular formula is C70H80BN2. The van der Waals surface area contributed by atoms with Crippen LogP contribution in [0, 0.1) is 0 Å². The van der Waals surface area contributed by atoms with Crippen LogP contribution >= 0.6 is 0 Å². The van der Waals surface area contributed by atoms with Gasteiger partial charge in [-0.3, -0.25) is 0 Å². The van der Waals surface area contributed by atoms with Gasteiger partial charge in [-0.05, 0) is 210 Å². The molecule has 0 saturated carbocycles. The molecule has 0 fully saturated rings. The van der Waals surface area contributed by atoms with Crippen LogP contribution in [0.3, 0.4) is 0 Å². The van der Waals surface area contributed by atoms with Crippen molar-refractivity contribution < 1.29 is 0 Å². The Bertz CT molecular complexity index is 3360. The van der Waals surface area contributed by atoms with Crippen LogP contribution in [-0.2, 0) is 50.7 Å². The summed E-state index contributed by atoms with van der Waals surface area (Å²) in [5, 5.41) is 4.17. The Balaban J connectivity index is 1.05. The molecule has 6 aromatic carbocycles. The Kier molecular flexibility index (Phi) is 10.8. The van der Waals surface area contributed by atoms with Crippen molar-refractivity contribution >= 4 is 41.1 Å². The third-order valence-electron chi connectivity index (χ3n) is 19.9. The molecule has 0 unspecified atom stereocenters. The highest BCUT2D eigenvalue weighted by atomic mass is 15.2. The molecule has 0 spiro atoms. The van der Waals surface area contributed by atoms with Gasteiger partial charge in [0.1, 0.15) is 0 Å². The molecule has 1 radical (unpaired) electrons. The number of allylic oxidation sites excluding steroid dienone is 4. The van der Waals surface area contributed by atoms with Gasteiger partial charge in [-0.25, -0.2) is 0 Å². The molecule has 3 heteroatoms. The first-order valence-electron chi connectivity index (χ1n) is 28.0. The number of hydrogen-bond donors (Lipinski definition) is 1. The zero-order valence-electron chi connectivity index (χ0n) is 46.9. The van der Waals surface area contributed by atoms with Crippen molar-refractivity contribution in [3.8, 4) is 11.1 Å². The summed E-state index contributed by atoms with van der Waals surface area (Å²) in [6.07, 6.45) is 12.5. The molecule has 373 valence electrons. The van der Waals surface area contributed by atoms with E-state index in [9.17, 15) is 0 Å². The van der Waals surface area contributed by atoms with Crippen LogP contribution in [0.2, 0.25) is 6.32 Å². The fraction of sp³-hybridized carbons (Fsp3) is 0.429. The first kappa shape index (κ1) is 48.4. The Morgan fingerprint density at radius 2 is 1.04 bits per heavy atom. The van der Waals surface area contributed by atoms with Crippen molar-refractivity contribution in [2.24, 2.45) is 0 Å². The summed E-state index contributed by atoms with van der Waals surface area (Å²) in [7, 11) is 2.52. The topological polar surface area (TPSA) is 15.3 Å². The summed E-state index contributed by atoms with van der Waals surface area (Å²) in [6.45, 7) is 34.5. The molecule has 6 aromatic rings. The lowest BCUT2D eigenvalue weighted by molar-refractivity contribution is 0.331. The zero-order chi connectivity index (χ0) is 51.4. The highest BCUT2D eigenvalue weighted by Gasteiger charge is 2.43. The summed E-state index contributed by atoms with van der Waals surface area (Å²) in [6, 6.07) is 43.5. The molecule has 12 rings (SSSR count). The summed E-state index contributed by atoms with van der Waals surface area (Å²) in [5.74, 6) is 0. The lowest BCUT2D eigenvalue weighted by atomic mass is 9.61. The van der Waals surface area contributed by atoms with E-state index in [2.05, 4.69) is 230 Å². The Morgan fingerprint density at radius 3 is 1.70 bits per heavy atom. The number of anilines is 4. The van der Waals surface area contributed by atoms with Crippen LogP contribution in [0.5, 0.6) is 0 Å². The summed E-state index contributed by atoms with van der Waals surface area (Å²) >= 11 is 0. The molecule has 1 aliphatic heterocycles. The van der Waals surface area contributed by atoms with E-state index in [0.717, 1.165) is 19.2 Å². The maximum atomic E-state index is 4.17. The predicted octanol–water partition coefficient (Wildman–Crippen LogP) is 17.8. The fourth-order valence-corrected chi connectivity index (χ4v) is 14.7. The molecule has 0 atom stereocenters. The van der Waals surface area contributed by atoms with Gasteiger partial charge in [-0.2, -0.15) is 0 Å². The molecule has 0 saturated heterocycles. The first-order chi connectivity index (χ1) is 34.3. The first-order valence-corrected chi connectivity index (χ1v) is 28.0. The molecule has 0 amide bonds. The van der Waals surface area contributed by atoms with Crippen molar-refractivity contribution in [3.63, 3.8) is 0 Å². The number of fused-ring (bicyclic) bond motifs is 8. The second-order valence-electron chi connectivity index (χ2n) is 28.0. The minimum atomic E-state index is -0.216. The second kappa shape index (κ2) is 16.2. The second-order valence-corrected chi connectivity index (χ2v) is 28.0.